The first-order chi connectivity index (χ1) is 6.74. The van der Waals surface area contributed by atoms with E-state index in [9.17, 15) is 0 Å². The summed E-state index contributed by atoms with van der Waals surface area (Å²) < 4.78 is 0.433. The second kappa shape index (κ2) is 3.37. The van der Waals surface area contributed by atoms with Crippen LogP contribution in [0.4, 0.5) is 5.69 Å². The van der Waals surface area contributed by atoms with Crippen molar-refractivity contribution in [3.8, 4) is 6.07 Å². The van der Waals surface area contributed by atoms with Gasteiger partial charge in [-0.05, 0) is 0 Å². The molecule has 0 aromatic carbocycles. The van der Waals surface area contributed by atoms with E-state index in [-0.39, 0.29) is 0 Å². The molecule has 1 saturated heterocycles. The fraction of sp³-hybridized carbons (Fsp3) is 0.400. The van der Waals surface area contributed by atoms with Crippen LogP contribution in [-0.2, 0) is 0 Å². The maximum atomic E-state index is 8.75. The Kier molecular flexibility index (Phi) is 2.20. The molecule has 4 nitrogen and oxygen atoms in total. The zero-order valence-electron chi connectivity index (χ0n) is 7.98. The standard InChI is InChI=1S/C10H13N4/c11-6-9-5-10(8-13-7-9)14(12)3-1-2-4-14/h5,7-8H,1-4,12H2/q+1. The fourth-order valence-corrected chi connectivity index (χ4v) is 1.89. The predicted octanol–water partition coefficient (Wildman–Crippen LogP) is 0.928. The van der Waals surface area contributed by atoms with Gasteiger partial charge in [0.15, 0.2) is 5.69 Å². The number of hydrogen-bond donors (Lipinski definition) is 1. The molecule has 2 rings (SSSR count). The van der Waals surface area contributed by atoms with Crippen molar-refractivity contribution in [2.75, 3.05) is 13.1 Å². The molecule has 72 valence electrons. The molecule has 1 aliphatic rings. The van der Waals surface area contributed by atoms with E-state index in [1.807, 2.05) is 6.07 Å². The second-order valence-corrected chi connectivity index (χ2v) is 3.73. The van der Waals surface area contributed by atoms with E-state index in [2.05, 4.69) is 11.1 Å². The summed E-state index contributed by atoms with van der Waals surface area (Å²) in [5.74, 6) is 6.19. The molecular formula is C10H13N4+. The highest BCUT2D eigenvalue weighted by atomic mass is 15.6. The fourth-order valence-electron chi connectivity index (χ4n) is 1.89. The number of nitrogens with zero attached hydrogens (tertiary/aromatic N) is 3. The summed E-state index contributed by atoms with van der Waals surface area (Å²) in [7, 11) is 0. The van der Waals surface area contributed by atoms with Gasteiger partial charge in [-0.25, -0.2) is 4.59 Å². The smallest absolute Gasteiger partial charge is 0.171 e. The van der Waals surface area contributed by atoms with Crippen LogP contribution in [-0.4, -0.2) is 18.1 Å². The Balaban J connectivity index is 2.36. The zero-order chi connectivity index (χ0) is 10.0. The Hall–Kier alpha value is -1.44. The molecule has 14 heavy (non-hydrogen) atoms. The highest BCUT2D eigenvalue weighted by Crippen LogP contribution is 2.24. The number of rotatable bonds is 1. The number of hydrogen-bond acceptors (Lipinski definition) is 3. The molecule has 0 aliphatic carbocycles. The summed E-state index contributed by atoms with van der Waals surface area (Å²) in [5, 5.41) is 8.75. The maximum Gasteiger partial charge on any atom is 0.171 e. The molecule has 2 heterocycles. The van der Waals surface area contributed by atoms with E-state index in [1.54, 1.807) is 12.4 Å². The third kappa shape index (κ3) is 1.48. The van der Waals surface area contributed by atoms with Crippen molar-refractivity contribution in [1.82, 2.24) is 9.58 Å². The lowest BCUT2D eigenvalue weighted by molar-refractivity contribution is 0.346. The largest absolute Gasteiger partial charge is 0.257 e. The monoisotopic (exact) mass is 189 g/mol. The van der Waals surface area contributed by atoms with Gasteiger partial charge >= 0.3 is 0 Å². The Morgan fingerprint density at radius 1 is 1.36 bits per heavy atom. The number of nitrogens with two attached hydrogens (primary N) is 1. The minimum Gasteiger partial charge on any atom is -0.257 e. The highest BCUT2D eigenvalue weighted by Gasteiger charge is 2.31. The van der Waals surface area contributed by atoms with Crippen molar-refractivity contribution in [2.24, 2.45) is 5.84 Å². The molecule has 0 unspecified atom stereocenters. The van der Waals surface area contributed by atoms with Gasteiger partial charge in [-0.15, -0.1) is 0 Å². The lowest BCUT2D eigenvalue weighted by Crippen LogP contribution is -2.53. The van der Waals surface area contributed by atoms with Crippen LogP contribution >= 0.6 is 0 Å². The average molecular weight is 189 g/mol. The van der Waals surface area contributed by atoms with Gasteiger partial charge in [0.05, 0.1) is 11.8 Å². The highest BCUT2D eigenvalue weighted by molar-refractivity contribution is 5.45. The summed E-state index contributed by atoms with van der Waals surface area (Å²) in [6, 6.07) is 3.91. The first kappa shape index (κ1) is 9.13. The van der Waals surface area contributed by atoms with Gasteiger partial charge < -0.3 is 0 Å². The van der Waals surface area contributed by atoms with E-state index < -0.39 is 0 Å². The quantitative estimate of drug-likeness (QED) is 0.528. The summed E-state index contributed by atoms with van der Waals surface area (Å²) in [6.45, 7) is 1.88. The third-order valence-electron chi connectivity index (χ3n) is 2.73. The Morgan fingerprint density at radius 3 is 2.71 bits per heavy atom. The van der Waals surface area contributed by atoms with Gasteiger partial charge in [-0.2, -0.15) is 11.1 Å². The number of nitriles is 1. The van der Waals surface area contributed by atoms with E-state index in [0.29, 0.717) is 10.2 Å². The normalized spacial score (nSPS) is 19.1. The third-order valence-corrected chi connectivity index (χ3v) is 2.73. The number of quaternary nitrogens is 1. The first-order valence-corrected chi connectivity index (χ1v) is 4.76. The Morgan fingerprint density at radius 2 is 2.07 bits per heavy atom. The number of pyridine rings is 1. The van der Waals surface area contributed by atoms with E-state index in [1.165, 1.54) is 0 Å². The summed E-state index contributed by atoms with van der Waals surface area (Å²) >= 11 is 0. The van der Waals surface area contributed by atoms with Crippen LogP contribution in [0.1, 0.15) is 18.4 Å². The molecule has 0 saturated carbocycles. The van der Waals surface area contributed by atoms with Crippen LogP contribution in [0.2, 0.25) is 0 Å². The minimum absolute atomic E-state index is 0.433. The molecule has 1 aliphatic heterocycles. The lowest BCUT2D eigenvalue weighted by Gasteiger charge is -2.26. The van der Waals surface area contributed by atoms with Crippen molar-refractivity contribution in [2.45, 2.75) is 12.8 Å². The maximum absolute atomic E-state index is 8.75. The van der Waals surface area contributed by atoms with Crippen molar-refractivity contribution in [1.29, 1.82) is 5.26 Å². The van der Waals surface area contributed by atoms with Crippen molar-refractivity contribution >= 4 is 5.69 Å². The van der Waals surface area contributed by atoms with Gasteiger partial charge in [0.1, 0.15) is 19.2 Å². The van der Waals surface area contributed by atoms with Gasteiger partial charge in [0, 0.05) is 25.1 Å². The SMILES string of the molecule is N#Cc1cncc([N+]2(N)CCCC2)c1. The molecule has 2 N–H and O–H groups in total. The van der Waals surface area contributed by atoms with Crippen LogP contribution in [0.3, 0.4) is 0 Å². The molecule has 0 radical (unpaired) electrons. The molecular weight excluding hydrogens is 176 g/mol. The molecule has 0 atom stereocenters. The first-order valence-electron chi connectivity index (χ1n) is 4.76. The summed E-state index contributed by atoms with van der Waals surface area (Å²) in [4.78, 5) is 4.03. The van der Waals surface area contributed by atoms with Crippen molar-refractivity contribution in [3.05, 3.63) is 24.0 Å². The minimum atomic E-state index is 0.433. The molecule has 1 aromatic heterocycles. The Bertz CT molecular complexity index is 374. The van der Waals surface area contributed by atoms with Crippen LogP contribution in [0, 0.1) is 11.3 Å². The lowest BCUT2D eigenvalue weighted by atomic mass is 10.2. The van der Waals surface area contributed by atoms with Crippen LogP contribution < -0.4 is 10.4 Å². The predicted molar refractivity (Wildman–Crippen MR) is 53.9 cm³/mol. The van der Waals surface area contributed by atoms with Gasteiger partial charge in [-0.1, -0.05) is 0 Å². The van der Waals surface area contributed by atoms with E-state index >= 15 is 0 Å². The summed E-state index contributed by atoms with van der Waals surface area (Å²) in [5.41, 5.74) is 1.53. The van der Waals surface area contributed by atoms with E-state index in [4.69, 9.17) is 11.1 Å². The van der Waals surface area contributed by atoms with E-state index in [0.717, 1.165) is 31.6 Å². The zero-order valence-corrected chi connectivity index (χ0v) is 7.98. The van der Waals surface area contributed by atoms with Gasteiger partial charge in [-0.3, -0.25) is 4.98 Å². The molecule has 4 heteroatoms. The molecule has 0 amide bonds. The molecule has 0 bridgehead atoms. The topological polar surface area (TPSA) is 62.7 Å². The second-order valence-electron chi connectivity index (χ2n) is 3.73. The molecule has 1 aromatic rings. The number of aromatic nitrogens is 1. The van der Waals surface area contributed by atoms with Gasteiger partial charge in [0.25, 0.3) is 0 Å². The van der Waals surface area contributed by atoms with Gasteiger partial charge in [0.2, 0.25) is 0 Å². The van der Waals surface area contributed by atoms with Crippen molar-refractivity contribution in [3.63, 3.8) is 0 Å². The van der Waals surface area contributed by atoms with Crippen LogP contribution in [0.25, 0.3) is 0 Å². The molecule has 0 spiro atoms. The van der Waals surface area contributed by atoms with Crippen LogP contribution in [0.5, 0.6) is 0 Å². The summed E-state index contributed by atoms with van der Waals surface area (Å²) in [6.07, 6.45) is 5.61. The Labute approximate surface area is 83.1 Å². The van der Waals surface area contributed by atoms with Crippen LogP contribution in [0.15, 0.2) is 18.5 Å². The van der Waals surface area contributed by atoms with Crippen molar-refractivity contribution < 1.29 is 0 Å². The average Bonchev–Trinajstić information content (AvgIpc) is 2.67. The molecule has 1 fully saturated rings.